The van der Waals surface area contributed by atoms with E-state index in [1.54, 1.807) is 0 Å². The summed E-state index contributed by atoms with van der Waals surface area (Å²) >= 11 is 0. The van der Waals surface area contributed by atoms with Crippen molar-refractivity contribution in [3.8, 4) is 0 Å². The predicted octanol–water partition coefficient (Wildman–Crippen LogP) is 1.53. The fourth-order valence-electron chi connectivity index (χ4n) is 1.73. The van der Waals surface area contributed by atoms with Crippen LogP contribution in [0.5, 0.6) is 0 Å². The van der Waals surface area contributed by atoms with Crippen LogP contribution in [0.3, 0.4) is 0 Å². The number of hydrogen-bond acceptors (Lipinski definition) is 3. The van der Waals surface area contributed by atoms with Gasteiger partial charge in [-0.2, -0.15) is 0 Å². The second-order valence-electron chi connectivity index (χ2n) is 3.71. The lowest BCUT2D eigenvalue weighted by atomic mass is 10.3. The summed E-state index contributed by atoms with van der Waals surface area (Å²) in [5.74, 6) is 1.08. The van der Waals surface area contributed by atoms with E-state index in [0.717, 1.165) is 24.1 Å². The lowest BCUT2D eigenvalue weighted by molar-refractivity contribution is 0.800. The summed E-state index contributed by atoms with van der Waals surface area (Å²) in [7, 11) is 0. The number of nitrogens with zero attached hydrogens (tertiary/aromatic N) is 2. The van der Waals surface area contributed by atoms with Crippen molar-refractivity contribution in [2.24, 2.45) is 5.73 Å². The Morgan fingerprint density at radius 1 is 1.50 bits per heavy atom. The number of pyridine rings is 1. The average Bonchev–Trinajstić information content (AvgIpc) is 3.04. The fraction of sp³-hybridized carbons (Fsp3) is 0.545. The third-order valence-corrected chi connectivity index (χ3v) is 2.62. The van der Waals surface area contributed by atoms with E-state index in [-0.39, 0.29) is 0 Å². The van der Waals surface area contributed by atoms with Crippen molar-refractivity contribution >= 4 is 5.82 Å². The summed E-state index contributed by atoms with van der Waals surface area (Å²) in [6.07, 6.45) is 2.62. The Kier molecular flexibility index (Phi) is 2.68. The van der Waals surface area contributed by atoms with Crippen LogP contribution < -0.4 is 10.6 Å². The number of nitrogens with two attached hydrogens (primary N) is 1. The minimum Gasteiger partial charge on any atom is -0.354 e. The largest absolute Gasteiger partial charge is 0.354 e. The third kappa shape index (κ3) is 1.87. The molecule has 2 rings (SSSR count). The maximum absolute atomic E-state index is 5.57. The number of anilines is 1. The van der Waals surface area contributed by atoms with Gasteiger partial charge in [-0.1, -0.05) is 6.07 Å². The van der Waals surface area contributed by atoms with E-state index in [4.69, 9.17) is 5.73 Å². The van der Waals surface area contributed by atoms with Crippen molar-refractivity contribution in [3.05, 3.63) is 23.9 Å². The number of hydrogen-bond donors (Lipinski definition) is 1. The molecular formula is C11H17N3. The van der Waals surface area contributed by atoms with Crippen LogP contribution in [-0.4, -0.2) is 17.6 Å². The smallest absolute Gasteiger partial charge is 0.129 e. The second-order valence-corrected chi connectivity index (χ2v) is 3.71. The van der Waals surface area contributed by atoms with Crippen LogP contribution in [0.15, 0.2) is 18.2 Å². The summed E-state index contributed by atoms with van der Waals surface area (Å²) < 4.78 is 0. The first-order chi connectivity index (χ1) is 6.85. The normalized spacial score (nSPS) is 15.6. The van der Waals surface area contributed by atoms with Crippen molar-refractivity contribution in [3.63, 3.8) is 0 Å². The molecule has 0 aromatic carbocycles. The molecule has 14 heavy (non-hydrogen) atoms. The van der Waals surface area contributed by atoms with Crippen LogP contribution >= 0.6 is 0 Å². The minimum absolute atomic E-state index is 0.524. The van der Waals surface area contributed by atoms with Crippen LogP contribution in [0.4, 0.5) is 5.82 Å². The van der Waals surface area contributed by atoms with Crippen LogP contribution in [0.2, 0.25) is 0 Å². The molecule has 2 N–H and O–H groups in total. The van der Waals surface area contributed by atoms with Gasteiger partial charge in [-0.05, 0) is 31.9 Å². The zero-order valence-corrected chi connectivity index (χ0v) is 8.61. The molecule has 0 spiro atoms. The second kappa shape index (κ2) is 3.96. The Labute approximate surface area is 84.9 Å². The quantitative estimate of drug-likeness (QED) is 0.784. The van der Waals surface area contributed by atoms with Crippen LogP contribution in [0.1, 0.15) is 25.5 Å². The molecule has 0 aliphatic heterocycles. The van der Waals surface area contributed by atoms with E-state index in [9.17, 15) is 0 Å². The van der Waals surface area contributed by atoms with Crippen molar-refractivity contribution in [2.75, 3.05) is 11.4 Å². The van der Waals surface area contributed by atoms with E-state index in [1.165, 1.54) is 12.8 Å². The van der Waals surface area contributed by atoms with Gasteiger partial charge in [0.15, 0.2) is 0 Å². The lowest BCUT2D eigenvalue weighted by Gasteiger charge is -2.21. The highest BCUT2D eigenvalue weighted by atomic mass is 15.2. The van der Waals surface area contributed by atoms with Gasteiger partial charge in [0.1, 0.15) is 5.82 Å². The third-order valence-electron chi connectivity index (χ3n) is 2.62. The molecule has 1 aromatic rings. The molecule has 1 saturated carbocycles. The Morgan fingerprint density at radius 3 is 2.86 bits per heavy atom. The molecule has 1 aliphatic rings. The predicted molar refractivity (Wildman–Crippen MR) is 58.2 cm³/mol. The topological polar surface area (TPSA) is 42.1 Å². The van der Waals surface area contributed by atoms with Crippen molar-refractivity contribution in [1.29, 1.82) is 0 Å². The standard InChI is InChI=1S/C11H17N3/c1-2-14(10-6-7-10)11-5-3-4-9(8-12)13-11/h3-5,10H,2,6-8,12H2,1H3. The van der Waals surface area contributed by atoms with Gasteiger partial charge < -0.3 is 10.6 Å². The molecule has 1 aliphatic carbocycles. The summed E-state index contributed by atoms with van der Waals surface area (Å²) in [6.45, 7) is 3.73. The van der Waals surface area contributed by atoms with Crippen molar-refractivity contribution < 1.29 is 0 Å². The molecule has 0 saturated heterocycles. The Bertz CT molecular complexity index is 307. The van der Waals surface area contributed by atoms with Crippen LogP contribution in [0.25, 0.3) is 0 Å². The Morgan fingerprint density at radius 2 is 2.29 bits per heavy atom. The lowest BCUT2D eigenvalue weighted by Crippen LogP contribution is -2.26. The molecule has 3 heteroatoms. The van der Waals surface area contributed by atoms with Gasteiger partial charge in [0.05, 0.1) is 5.69 Å². The molecule has 3 nitrogen and oxygen atoms in total. The Hall–Kier alpha value is -1.09. The SMILES string of the molecule is CCN(c1cccc(CN)n1)C1CC1. The van der Waals surface area contributed by atoms with E-state index >= 15 is 0 Å². The maximum Gasteiger partial charge on any atom is 0.129 e. The monoisotopic (exact) mass is 191 g/mol. The first kappa shape index (κ1) is 9.46. The molecule has 1 heterocycles. The molecule has 0 unspecified atom stereocenters. The van der Waals surface area contributed by atoms with Gasteiger partial charge in [-0.15, -0.1) is 0 Å². The van der Waals surface area contributed by atoms with Gasteiger partial charge >= 0.3 is 0 Å². The highest BCUT2D eigenvalue weighted by Gasteiger charge is 2.28. The van der Waals surface area contributed by atoms with Gasteiger partial charge in [0, 0.05) is 19.1 Å². The van der Waals surface area contributed by atoms with Gasteiger partial charge in [0.2, 0.25) is 0 Å². The summed E-state index contributed by atoms with van der Waals surface area (Å²) in [5.41, 5.74) is 6.54. The van der Waals surface area contributed by atoms with Gasteiger partial charge in [-0.25, -0.2) is 4.98 Å². The first-order valence-corrected chi connectivity index (χ1v) is 5.27. The Balaban J connectivity index is 2.20. The van der Waals surface area contributed by atoms with E-state index in [1.807, 2.05) is 12.1 Å². The maximum atomic E-state index is 5.57. The summed E-state index contributed by atoms with van der Waals surface area (Å²) in [4.78, 5) is 6.88. The van der Waals surface area contributed by atoms with E-state index in [2.05, 4.69) is 22.9 Å². The zero-order chi connectivity index (χ0) is 9.97. The molecule has 1 aromatic heterocycles. The van der Waals surface area contributed by atoms with E-state index in [0.29, 0.717) is 6.54 Å². The first-order valence-electron chi connectivity index (χ1n) is 5.27. The van der Waals surface area contributed by atoms with Crippen molar-refractivity contribution in [1.82, 2.24) is 4.98 Å². The van der Waals surface area contributed by atoms with Crippen molar-refractivity contribution in [2.45, 2.75) is 32.4 Å². The fourth-order valence-corrected chi connectivity index (χ4v) is 1.73. The highest BCUT2D eigenvalue weighted by Crippen LogP contribution is 2.30. The molecule has 0 bridgehead atoms. The van der Waals surface area contributed by atoms with Gasteiger partial charge in [-0.3, -0.25) is 0 Å². The molecule has 0 amide bonds. The average molecular weight is 191 g/mol. The van der Waals surface area contributed by atoms with E-state index < -0.39 is 0 Å². The van der Waals surface area contributed by atoms with Crippen LogP contribution in [-0.2, 0) is 6.54 Å². The number of rotatable bonds is 4. The molecular weight excluding hydrogens is 174 g/mol. The minimum atomic E-state index is 0.524. The molecule has 1 fully saturated rings. The highest BCUT2D eigenvalue weighted by molar-refractivity contribution is 5.41. The summed E-state index contributed by atoms with van der Waals surface area (Å²) in [6, 6.07) is 6.81. The summed E-state index contributed by atoms with van der Waals surface area (Å²) in [5, 5.41) is 0. The zero-order valence-electron chi connectivity index (χ0n) is 8.61. The van der Waals surface area contributed by atoms with Crippen LogP contribution in [0, 0.1) is 0 Å². The molecule has 76 valence electrons. The molecule has 0 radical (unpaired) electrons. The molecule has 0 atom stereocenters. The van der Waals surface area contributed by atoms with Gasteiger partial charge in [0.25, 0.3) is 0 Å². The number of aromatic nitrogens is 1.